The highest BCUT2D eigenvalue weighted by Crippen LogP contribution is 2.31. The number of hydrogen-bond acceptors (Lipinski definition) is 5. The quantitative estimate of drug-likeness (QED) is 0.494. The number of amides is 4. The van der Waals surface area contributed by atoms with Gasteiger partial charge in [-0.2, -0.15) is 0 Å². The van der Waals surface area contributed by atoms with E-state index in [0.717, 1.165) is 31.2 Å². The third kappa shape index (κ3) is 6.22. The number of nitrogens with one attached hydrogen (secondary N) is 2. The summed E-state index contributed by atoms with van der Waals surface area (Å²) < 4.78 is 5.49. The van der Waals surface area contributed by atoms with Crippen LogP contribution in [-0.4, -0.2) is 65.7 Å². The molecule has 2 atom stereocenters. The predicted molar refractivity (Wildman–Crippen MR) is 146 cm³/mol. The largest absolute Gasteiger partial charge is 0.494 e. The Balaban J connectivity index is 1.53. The van der Waals surface area contributed by atoms with E-state index in [0.29, 0.717) is 23.6 Å². The smallest absolute Gasteiger partial charge is 0.318 e. The molecule has 1 unspecified atom stereocenters. The van der Waals surface area contributed by atoms with Crippen molar-refractivity contribution < 1.29 is 24.2 Å². The molecule has 0 bridgehead atoms. The molecule has 1 aliphatic heterocycles. The van der Waals surface area contributed by atoms with Gasteiger partial charge >= 0.3 is 6.03 Å². The molecule has 3 N–H and O–H groups in total. The number of urea groups is 1. The van der Waals surface area contributed by atoms with Crippen LogP contribution in [0.5, 0.6) is 5.75 Å². The van der Waals surface area contributed by atoms with Crippen molar-refractivity contribution in [3.8, 4) is 5.75 Å². The zero-order chi connectivity index (χ0) is 27.2. The molecule has 10 heteroatoms. The van der Waals surface area contributed by atoms with Gasteiger partial charge in [-0.15, -0.1) is 0 Å². The lowest BCUT2D eigenvalue weighted by Gasteiger charge is -2.31. The SMILES string of the molecule is CCOc1ccc(C(=O)N2C[C@@H](C)N(C(=O)NC(CO)C(=O)NC3CCCC3)Cc3ccccc32)c(Cl)c1. The third-order valence-electron chi connectivity index (χ3n) is 7.09. The van der Waals surface area contributed by atoms with Gasteiger partial charge in [0.25, 0.3) is 5.91 Å². The number of aliphatic hydroxyl groups is 1. The number of carbonyl (C=O) groups excluding carboxylic acids is 3. The zero-order valence-electron chi connectivity index (χ0n) is 21.8. The van der Waals surface area contributed by atoms with Gasteiger partial charge < -0.3 is 30.3 Å². The molecule has 0 saturated heterocycles. The minimum absolute atomic E-state index is 0.0754. The van der Waals surface area contributed by atoms with Gasteiger partial charge in [0.15, 0.2) is 0 Å². The van der Waals surface area contributed by atoms with E-state index in [-0.39, 0.29) is 30.1 Å². The summed E-state index contributed by atoms with van der Waals surface area (Å²) in [5, 5.41) is 15.7. The lowest BCUT2D eigenvalue weighted by Crippen LogP contribution is -2.56. The molecule has 0 aromatic heterocycles. The number of para-hydroxylation sites is 1. The van der Waals surface area contributed by atoms with Crippen LogP contribution in [0.15, 0.2) is 42.5 Å². The van der Waals surface area contributed by atoms with Crippen LogP contribution in [0.25, 0.3) is 0 Å². The van der Waals surface area contributed by atoms with E-state index < -0.39 is 30.6 Å². The summed E-state index contributed by atoms with van der Waals surface area (Å²) in [6.45, 7) is 4.13. The number of nitrogens with zero attached hydrogens (tertiary/aromatic N) is 2. The Morgan fingerprint density at radius 3 is 2.58 bits per heavy atom. The maximum Gasteiger partial charge on any atom is 0.318 e. The Kier molecular flexibility index (Phi) is 9.12. The monoisotopic (exact) mass is 542 g/mol. The second-order valence-electron chi connectivity index (χ2n) is 9.77. The Hall–Kier alpha value is -3.30. The number of carbonyl (C=O) groups is 3. The van der Waals surface area contributed by atoms with Crippen LogP contribution >= 0.6 is 11.6 Å². The third-order valence-corrected chi connectivity index (χ3v) is 7.40. The van der Waals surface area contributed by atoms with E-state index in [1.165, 1.54) is 0 Å². The fourth-order valence-corrected chi connectivity index (χ4v) is 5.29. The highest BCUT2D eigenvalue weighted by molar-refractivity contribution is 6.34. The molecule has 1 saturated carbocycles. The van der Waals surface area contributed by atoms with Crippen molar-refractivity contribution in [3.05, 3.63) is 58.6 Å². The minimum Gasteiger partial charge on any atom is -0.494 e. The molecule has 9 nitrogen and oxygen atoms in total. The van der Waals surface area contributed by atoms with Crippen LogP contribution in [0.3, 0.4) is 0 Å². The first-order valence-corrected chi connectivity index (χ1v) is 13.5. The number of rotatable bonds is 7. The van der Waals surface area contributed by atoms with Gasteiger partial charge in [0.05, 0.1) is 23.8 Å². The number of aliphatic hydroxyl groups excluding tert-OH is 1. The van der Waals surface area contributed by atoms with Gasteiger partial charge in [0, 0.05) is 30.9 Å². The molecule has 4 amide bonds. The minimum atomic E-state index is -1.06. The van der Waals surface area contributed by atoms with Crippen molar-refractivity contribution in [1.82, 2.24) is 15.5 Å². The van der Waals surface area contributed by atoms with Crippen molar-refractivity contribution in [3.63, 3.8) is 0 Å². The first-order chi connectivity index (χ1) is 18.3. The van der Waals surface area contributed by atoms with E-state index in [9.17, 15) is 19.5 Å². The summed E-state index contributed by atoms with van der Waals surface area (Å²) >= 11 is 6.46. The number of fused-ring (bicyclic) bond motifs is 1. The molecule has 0 spiro atoms. The molecule has 38 heavy (non-hydrogen) atoms. The highest BCUT2D eigenvalue weighted by atomic mass is 35.5. The van der Waals surface area contributed by atoms with Crippen molar-refractivity contribution in [2.24, 2.45) is 0 Å². The average Bonchev–Trinajstić information content (AvgIpc) is 3.36. The molecule has 2 aromatic rings. The van der Waals surface area contributed by atoms with E-state index in [2.05, 4.69) is 10.6 Å². The first-order valence-electron chi connectivity index (χ1n) is 13.1. The normalized spacial score (nSPS) is 18.4. The molecule has 2 aromatic carbocycles. The topological polar surface area (TPSA) is 111 Å². The van der Waals surface area contributed by atoms with Crippen LogP contribution in [0.1, 0.15) is 55.5 Å². The van der Waals surface area contributed by atoms with E-state index in [1.54, 1.807) is 28.0 Å². The van der Waals surface area contributed by atoms with Crippen LogP contribution in [0.2, 0.25) is 5.02 Å². The van der Waals surface area contributed by atoms with Gasteiger partial charge in [-0.25, -0.2) is 4.79 Å². The Bertz CT molecular complexity index is 1170. The first kappa shape index (κ1) is 27.7. The van der Waals surface area contributed by atoms with Gasteiger partial charge in [-0.1, -0.05) is 42.6 Å². The van der Waals surface area contributed by atoms with Gasteiger partial charge in [0.2, 0.25) is 5.91 Å². The molecule has 2 aliphatic rings. The summed E-state index contributed by atoms with van der Waals surface area (Å²) in [4.78, 5) is 43.0. The lowest BCUT2D eigenvalue weighted by molar-refractivity contribution is -0.124. The van der Waals surface area contributed by atoms with E-state index in [4.69, 9.17) is 16.3 Å². The number of anilines is 1. The van der Waals surface area contributed by atoms with Gasteiger partial charge in [-0.05, 0) is 56.5 Å². The van der Waals surface area contributed by atoms with Crippen molar-refractivity contribution >= 4 is 35.1 Å². The molecule has 1 fully saturated rings. The summed E-state index contributed by atoms with van der Waals surface area (Å²) in [7, 11) is 0. The van der Waals surface area contributed by atoms with Gasteiger partial charge in [0.1, 0.15) is 11.8 Å². The summed E-state index contributed by atoms with van der Waals surface area (Å²) in [6, 6.07) is 10.5. The molecule has 204 valence electrons. The fraction of sp³-hybridized carbons (Fsp3) is 0.464. The second kappa shape index (κ2) is 12.5. The molecular formula is C28H35ClN4O5. The van der Waals surface area contributed by atoms with Crippen LogP contribution in [0, 0.1) is 0 Å². The Labute approximate surface area is 228 Å². The zero-order valence-corrected chi connectivity index (χ0v) is 22.5. The highest BCUT2D eigenvalue weighted by Gasteiger charge is 2.34. The predicted octanol–water partition coefficient (Wildman–Crippen LogP) is 3.72. The van der Waals surface area contributed by atoms with Gasteiger partial charge in [-0.3, -0.25) is 9.59 Å². The van der Waals surface area contributed by atoms with Crippen LogP contribution < -0.4 is 20.3 Å². The van der Waals surface area contributed by atoms with Crippen LogP contribution in [-0.2, 0) is 11.3 Å². The molecule has 1 heterocycles. The Morgan fingerprint density at radius 2 is 1.89 bits per heavy atom. The number of hydrogen-bond donors (Lipinski definition) is 3. The van der Waals surface area contributed by atoms with Crippen LogP contribution in [0.4, 0.5) is 10.5 Å². The molecule has 0 radical (unpaired) electrons. The number of halogens is 1. The molecular weight excluding hydrogens is 508 g/mol. The van der Waals surface area contributed by atoms with E-state index in [1.807, 2.05) is 38.1 Å². The maximum atomic E-state index is 13.7. The average molecular weight is 543 g/mol. The van der Waals surface area contributed by atoms with Crippen molar-refractivity contribution in [2.75, 3.05) is 24.7 Å². The summed E-state index contributed by atoms with van der Waals surface area (Å²) in [6.07, 6.45) is 3.92. The van der Waals surface area contributed by atoms with Crippen molar-refractivity contribution in [1.29, 1.82) is 0 Å². The second-order valence-corrected chi connectivity index (χ2v) is 10.2. The number of ether oxygens (including phenoxy) is 1. The standard InChI is InChI=1S/C28H35ClN4O5/c1-3-38-21-12-13-22(23(29)14-21)27(36)33-15-18(2)32(16-19-8-4-7-11-25(19)33)28(37)31-24(17-34)26(35)30-20-9-5-6-10-20/h4,7-8,11-14,18,20,24,34H,3,5-6,9-10,15-17H2,1-2H3,(H,30,35)(H,31,37)/t18-,24?/m1/s1. The summed E-state index contributed by atoms with van der Waals surface area (Å²) in [5.74, 6) is -0.0988. The number of benzene rings is 2. The fourth-order valence-electron chi connectivity index (χ4n) is 5.04. The van der Waals surface area contributed by atoms with Crippen molar-refractivity contribution in [2.45, 2.75) is 64.2 Å². The maximum absolute atomic E-state index is 13.7. The Morgan fingerprint density at radius 1 is 1.16 bits per heavy atom. The summed E-state index contributed by atoms with van der Waals surface area (Å²) in [5.41, 5.74) is 1.79. The molecule has 4 rings (SSSR count). The molecule has 1 aliphatic carbocycles. The lowest BCUT2D eigenvalue weighted by atomic mass is 10.1. The van der Waals surface area contributed by atoms with E-state index >= 15 is 0 Å².